The van der Waals surface area contributed by atoms with Gasteiger partial charge in [0.1, 0.15) is 6.29 Å². The summed E-state index contributed by atoms with van der Waals surface area (Å²) in [5.41, 5.74) is 1.73. The number of carbonyl (C=O) groups is 1. The Hall–Kier alpha value is -0.870. The number of benzene rings is 1. The van der Waals surface area contributed by atoms with Gasteiger partial charge in [0, 0.05) is 23.6 Å². The lowest BCUT2D eigenvalue weighted by atomic mass is 10.2. The van der Waals surface area contributed by atoms with Crippen LogP contribution in [0.3, 0.4) is 0 Å². The minimum absolute atomic E-state index is 0.254. The van der Waals surface area contributed by atoms with Crippen molar-refractivity contribution in [3.05, 3.63) is 28.2 Å². The van der Waals surface area contributed by atoms with Crippen molar-refractivity contribution in [3.8, 4) is 0 Å². The van der Waals surface area contributed by atoms with Gasteiger partial charge in [-0.1, -0.05) is 0 Å². The number of nitrogens with zero attached hydrogens (tertiary/aromatic N) is 1. The van der Waals surface area contributed by atoms with Crippen molar-refractivity contribution in [2.45, 2.75) is 20.0 Å². The number of aldehydes is 1. The van der Waals surface area contributed by atoms with E-state index in [0.717, 1.165) is 23.0 Å². The Labute approximate surface area is 111 Å². The molecule has 1 rings (SSSR count). The van der Waals surface area contributed by atoms with Gasteiger partial charge in [-0.2, -0.15) is 0 Å². The van der Waals surface area contributed by atoms with Gasteiger partial charge in [0.2, 0.25) is 0 Å². The van der Waals surface area contributed by atoms with E-state index in [4.69, 9.17) is 4.74 Å². The number of halogens is 1. The molecule has 0 saturated heterocycles. The van der Waals surface area contributed by atoms with Gasteiger partial charge >= 0.3 is 0 Å². The molecule has 0 atom stereocenters. The molecular weight excluding hydrogens is 282 g/mol. The monoisotopic (exact) mass is 299 g/mol. The van der Waals surface area contributed by atoms with Crippen molar-refractivity contribution in [2.75, 3.05) is 25.1 Å². The summed E-state index contributed by atoms with van der Waals surface area (Å²) in [4.78, 5) is 12.7. The van der Waals surface area contributed by atoms with Gasteiger partial charge in [0.15, 0.2) is 0 Å². The third-order valence-corrected chi connectivity index (χ3v) is 3.03. The fraction of sp³-hybridized carbons (Fsp3) is 0.462. The number of likely N-dealkylation sites (N-methyl/N-ethyl adjacent to an activating group) is 1. The van der Waals surface area contributed by atoms with Crippen molar-refractivity contribution in [3.63, 3.8) is 0 Å². The van der Waals surface area contributed by atoms with Crippen LogP contribution in [0.5, 0.6) is 0 Å². The Balaban J connectivity index is 2.62. The van der Waals surface area contributed by atoms with E-state index in [-0.39, 0.29) is 6.10 Å². The van der Waals surface area contributed by atoms with Crippen LogP contribution < -0.4 is 4.90 Å². The van der Waals surface area contributed by atoms with Gasteiger partial charge < -0.3 is 9.64 Å². The smallest absolute Gasteiger partial charge is 0.150 e. The quantitative estimate of drug-likeness (QED) is 0.756. The molecule has 4 heteroatoms. The molecule has 0 radical (unpaired) electrons. The van der Waals surface area contributed by atoms with Gasteiger partial charge in [-0.15, -0.1) is 0 Å². The molecule has 0 spiro atoms. The van der Waals surface area contributed by atoms with Crippen LogP contribution in [0, 0.1) is 0 Å². The van der Waals surface area contributed by atoms with Crippen LogP contribution in [0.4, 0.5) is 5.69 Å². The highest BCUT2D eigenvalue weighted by molar-refractivity contribution is 9.10. The maximum absolute atomic E-state index is 10.6. The van der Waals surface area contributed by atoms with Crippen molar-refractivity contribution >= 4 is 27.9 Å². The summed E-state index contributed by atoms with van der Waals surface area (Å²) in [5, 5.41) is 0. The van der Waals surface area contributed by atoms with Gasteiger partial charge in [0.25, 0.3) is 0 Å². The highest BCUT2D eigenvalue weighted by atomic mass is 79.9. The zero-order valence-electron chi connectivity index (χ0n) is 10.4. The van der Waals surface area contributed by atoms with E-state index < -0.39 is 0 Å². The van der Waals surface area contributed by atoms with Crippen LogP contribution in [0.2, 0.25) is 0 Å². The van der Waals surface area contributed by atoms with Crippen LogP contribution >= 0.6 is 15.9 Å². The van der Waals surface area contributed by atoms with E-state index in [1.165, 1.54) is 0 Å². The molecule has 94 valence electrons. The summed E-state index contributed by atoms with van der Waals surface area (Å²) >= 11 is 3.47. The van der Waals surface area contributed by atoms with E-state index in [0.29, 0.717) is 12.2 Å². The lowest BCUT2D eigenvalue weighted by Crippen LogP contribution is -2.24. The second kappa shape index (κ2) is 6.77. The van der Waals surface area contributed by atoms with Crippen molar-refractivity contribution < 1.29 is 9.53 Å². The van der Waals surface area contributed by atoms with E-state index >= 15 is 0 Å². The van der Waals surface area contributed by atoms with Crippen molar-refractivity contribution in [2.24, 2.45) is 0 Å². The van der Waals surface area contributed by atoms with E-state index in [9.17, 15) is 4.79 Å². The second-order valence-corrected chi connectivity index (χ2v) is 5.02. The third-order valence-electron chi connectivity index (χ3n) is 2.40. The normalized spacial score (nSPS) is 10.6. The number of hydrogen-bond donors (Lipinski definition) is 0. The summed E-state index contributed by atoms with van der Waals surface area (Å²) in [6.07, 6.45) is 1.10. The van der Waals surface area contributed by atoms with Crippen LogP contribution in [-0.2, 0) is 4.74 Å². The first kappa shape index (κ1) is 14.2. The van der Waals surface area contributed by atoms with Crippen LogP contribution in [0.25, 0.3) is 0 Å². The maximum Gasteiger partial charge on any atom is 0.150 e. The Morgan fingerprint density at radius 1 is 1.47 bits per heavy atom. The zero-order chi connectivity index (χ0) is 12.8. The Bertz CT molecular complexity index is 380. The molecule has 0 aromatic heterocycles. The second-order valence-electron chi connectivity index (χ2n) is 4.17. The summed E-state index contributed by atoms with van der Waals surface area (Å²) in [7, 11) is 2.00. The van der Waals surface area contributed by atoms with Crippen LogP contribution in [0.1, 0.15) is 24.2 Å². The largest absolute Gasteiger partial charge is 0.377 e. The van der Waals surface area contributed by atoms with Gasteiger partial charge in [-0.25, -0.2) is 0 Å². The maximum atomic E-state index is 10.6. The minimum atomic E-state index is 0.254. The molecule has 0 fully saturated rings. The first-order valence-corrected chi connectivity index (χ1v) is 6.41. The van der Waals surface area contributed by atoms with E-state index in [1.54, 1.807) is 0 Å². The molecule has 3 nitrogen and oxygen atoms in total. The van der Waals surface area contributed by atoms with E-state index in [1.807, 2.05) is 39.1 Å². The predicted octanol–water partition coefficient (Wildman–Crippen LogP) is 3.12. The molecule has 0 aliphatic rings. The average Bonchev–Trinajstić information content (AvgIpc) is 2.28. The molecular formula is C13H18BrNO2. The molecule has 0 amide bonds. The summed E-state index contributed by atoms with van der Waals surface area (Å²) in [6, 6.07) is 5.57. The molecule has 17 heavy (non-hydrogen) atoms. The van der Waals surface area contributed by atoms with Crippen molar-refractivity contribution in [1.82, 2.24) is 0 Å². The lowest BCUT2D eigenvalue weighted by molar-refractivity contribution is 0.0846. The molecule has 0 unspecified atom stereocenters. The number of anilines is 1. The number of carbonyl (C=O) groups excluding carboxylic acids is 1. The zero-order valence-corrected chi connectivity index (χ0v) is 12.0. The highest BCUT2D eigenvalue weighted by Crippen LogP contribution is 2.25. The van der Waals surface area contributed by atoms with Gasteiger partial charge in [-0.05, 0) is 48.0 Å². The standard InChI is InChI=1S/C13H18BrNO2/c1-10(2)17-7-6-15(3)13-5-4-11(9-16)8-12(13)14/h4-5,8-10H,6-7H2,1-3H3. The Morgan fingerprint density at radius 2 is 2.18 bits per heavy atom. The predicted molar refractivity (Wildman–Crippen MR) is 73.9 cm³/mol. The number of hydrogen-bond acceptors (Lipinski definition) is 3. The van der Waals surface area contributed by atoms with E-state index in [2.05, 4.69) is 20.8 Å². The topological polar surface area (TPSA) is 29.5 Å². The average molecular weight is 300 g/mol. The highest BCUT2D eigenvalue weighted by Gasteiger charge is 2.06. The Morgan fingerprint density at radius 3 is 2.71 bits per heavy atom. The third kappa shape index (κ3) is 4.48. The van der Waals surface area contributed by atoms with Crippen molar-refractivity contribution in [1.29, 1.82) is 0 Å². The first-order chi connectivity index (χ1) is 8.04. The molecule has 1 aromatic rings. The Kier molecular flexibility index (Phi) is 5.65. The summed E-state index contributed by atoms with van der Waals surface area (Å²) in [6.45, 7) is 5.55. The first-order valence-electron chi connectivity index (χ1n) is 5.62. The molecule has 0 aliphatic heterocycles. The van der Waals surface area contributed by atoms with Gasteiger partial charge in [0.05, 0.1) is 18.4 Å². The molecule has 0 bridgehead atoms. The molecule has 0 saturated carbocycles. The summed E-state index contributed by atoms with van der Waals surface area (Å²) in [5.74, 6) is 0. The fourth-order valence-electron chi connectivity index (χ4n) is 1.45. The SMILES string of the molecule is CC(C)OCCN(C)c1ccc(C=O)cc1Br. The lowest BCUT2D eigenvalue weighted by Gasteiger charge is -2.21. The fourth-order valence-corrected chi connectivity index (χ4v) is 2.15. The van der Waals surface area contributed by atoms with Crippen LogP contribution in [-0.4, -0.2) is 32.6 Å². The molecule has 0 aliphatic carbocycles. The van der Waals surface area contributed by atoms with Crippen LogP contribution in [0.15, 0.2) is 22.7 Å². The minimum Gasteiger partial charge on any atom is -0.377 e. The summed E-state index contributed by atoms with van der Waals surface area (Å²) < 4.78 is 6.43. The number of ether oxygens (including phenoxy) is 1. The molecule has 0 N–H and O–H groups in total. The molecule has 1 aromatic carbocycles. The molecule has 0 heterocycles. The van der Waals surface area contributed by atoms with Gasteiger partial charge in [-0.3, -0.25) is 4.79 Å². The number of rotatable bonds is 6.